The summed E-state index contributed by atoms with van der Waals surface area (Å²) in [5.74, 6) is -0.687. The van der Waals surface area contributed by atoms with Gasteiger partial charge in [0.1, 0.15) is 0 Å². The molecule has 0 aliphatic rings. The Morgan fingerprint density at radius 1 is 1.35 bits per heavy atom. The lowest BCUT2D eigenvalue weighted by Gasteiger charge is -2.03. The highest BCUT2D eigenvalue weighted by Crippen LogP contribution is 2.19. The quantitative estimate of drug-likeness (QED) is 0.677. The Morgan fingerprint density at radius 2 is 2.06 bits per heavy atom. The van der Waals surface area contributed by atoms with Gasteiger partial charge in [-0.1, -0.05) is 0 Å². The van der Waals surface area contributed by atoms with Crippen LogP contribution in [-0.2, 0) is 6.54 Å². The third-order valence-electron chi connectivity index (χ3n) is 2.55. The van der Waals surface area contributed by atoms with E-state index < -0.39 is 11.6 Å². The Morgan fingerprint density at radius 3 is 2.76 bits per heavy atom. The number of aromatic nitrogens is 2. The molecule has 0 saturated carbocycles. The number of hydrogen-bond donors (Lipinski definition) is 1. The van der Waals surface area contributed by atoms with Crippen molar-refractivity contribution in [1.29, 1.82) is 0 Å². The van der Waals surface area contributed by atoms with E-state index in [-0.39, 0.29) is 0 Å². The zero-order valence-corrected chi connectivity index (χ0v) is 10.9. The van der Waals surface area contributed by atoms with E-state index in [4.69, 9.17) is 12.2 Å². The zero-order valence-electron chi connectivity index (χ0n) is 9.30. The molecule has 6 heteroatoms. The Bertz CT molecular complexity index is 589. The van der Waals surface area contributed by atoms with Crippen LogP contribution in [0.2, 0.25) is 0 Å². The predicted molar refractivity (Wildman–Crippen MR) is 70.0 cm³/mol. The van der Waals surface area contributed by atoms with Crippen molar-refractivity contribution in [2.45, 2.75) is 13.0 Å². The maximum Gasteiger partial charge on any atom is 0.178 e. The Kier molecular flexibility index (Phi) is 3.83. The van der Waals surface area contributed by atoms with Gasteiger partial charge >= 0.3 is 0 Å². The highest BCUT2D eigenvalue weighted by atomic mass is 32.2. The Labute approximate surface area is 107 Å². The van der Waals surface area contributed by atoms with Crippen molar-refractivity contribution in [3.05, 3.63) is 28.5 Å². The van der Waals surface area contributed by atoms with E-state index in [0.29, 0.717) is 22.3 Å². The molecule has 0 saturated heterocycles. The highest BCUT2D eigenvalue weighted by molar-refractivity contribution is 7.98. The summed E-state index contributed by atoms with van der Waals surface area (Å²) >= 11 is 6.89. The lowest BCUT2D eigenvalue weighted by Crippen LogP contribution is -1.99. The molecule has 0 aliphatic heterocycles. The summed E-state index contributed by atoms with van der Waals surface area (Å²) in [6, 6.07) is 2.33. The van der Waals surface area contributed by atoms with Crippen molar-refractivity contribution in [2.24, 2.45) is 0 Å². The average Bonchev–Trinajstić information content (AvgIpc) is 2.57. The molecule has 1 aromatic carbocycles. The van der Waals surface area contributed by atoms with Crippen LogP contribution in [0.15, 0.2) is 12.1 Å². The first-order valence-corrected chi connectivity index (χ1v) is 7.00. The third-order valence-corrected chi connectivity index (χ3v) is 3.57. The van der Waals surface area contributed by atoms with Crippen LogP contribution < -0.4 is 0 Å². The minimum atomic E-state index is -0.856. The van der Waals surface area contributed by atoms with Crippen LogP contribution in [0.25, 0.3) is 11.0 Å². The number of thioether (sulfide) groups is 1. The molecule has 92 valence electrons. The van der Waals surface area contributed by atoms with Gasteiger partial charge in [-0.25, -0.2) is 8.78 Å². The second-order valence-corrected chi connectivity index (χ2v) is 5.08. The molecule has 0 fully saturated rings. The number of benzene rings is 1. The number of imidazole rings is 1. The van der Waals surface area contributed by atoms with Crippen LogP contribution in [0.1, 0.15) is 6.42 Å². The minimum Gasteiger partial charge on any atom is -0.330 e. The molecule has 17 heavy (non-hydrogen) atoms. The van der Waals surface area contributed by atoms with E-state index in [2.05, 4.69) is 4.98 Å². The molecule has 0 amide bonds. The number of nitrogens with zero attached hydrogens (tertiary/aromatic N) is 1. The van der Waals surface area contributed by atoms with Gasteiger partial charge in [-0.15, -0.1) is 0 Å². The van der Waals surface area contributed by atoms with E-state index in [1.165, 1.54) is 6.07 Å². The van der Waals surface area contributed by atoms with Crippen molar-refractivity contribution in [3.8, 4) is 0 Å². The van der Waals surface area contributed by atoms with E-state index >= 15 is 0 Å². The number of fused-ring (bicyclic) bond motifs is 1. The molecular weight excluding hydrogens is 262 g/mol. The van der Waals surface area contributed by atoms with Gasteiger partial charge in [0.05, 0.1) is 11.0 Å². The summed E-state index contributed by atoms with van der Waals surface area (Å²) in [4.78, 5) is 2.89. The van der Waals surface area contributed by atoms with Gasteiger partial charge in [0, 0.05) is 18.7 Å². The van der Waals surface area contributed by atoms with Crippen molar-refractivity contribution >= 4 is 35.0 Å². The van der Waals surface area contributed by atoms with Gasteiger partial charge in [0.25, 0.3) is 0 Å². The molecule has 0 bridgehead atoms. The number of aromatic amines is 1. The first kappa shape index (κ1) is 12.6. The van der Waals surface area contributed by atoms with Crippen LogP contribution >= 0.6 is 24.0 Å². The van der Waals surface area contributed by atoms with Crippen LogP contribution in [-0.4, -0.2) is 21.6 Å². The molecule has 2 rings (SSSR count). The van der Waals surface area contributed by atoms with Crippen molar-refractivity contribution < 1.29 is 8.78 Å². The zero-order chi connectivity index (χ0) is 12.4. The summed E-state index contributed by atoms with van der Waals surface area (Å²) in [5.41, 5.74) is 1.16. The molecule has 1 aromatic heterocycles. The topological polar surface area (TPSA) is 20.7 Å². The molecule has 2 aromatic rings. The lowest BCUT2D eigenvalue weighted by atomic mass is 10.3. The van der Waals surface area contributed by atoms with Gasteiger partial charge in [-0.05, 0) is 30.6 Å². The van der Waals surface area contributed by atoms with E-state index in [0.717, 1.165) is 18.2 Å². The number of nitrogens with one attached hydrogen (secondary N) is 1. The molecule has 0 unspecified atom stereocenters. The highest BCUT2D eigenvalue weighted by Gasteiger charge is 2.09. The van der Waals surface area contributed by atoms with E-state index in [1.54, 1.807) is 11.8 Å². The van der Waals surface area contributed by atoms with E-state index in [9.17, 15) is 8.78 Å². The summed E-state index contributed by atoms with van der Waals surface area (Å²) in [5, 5.41) is 0. The number of halogens is 2. The number of H-pyrrole nitrogens is 1. The summed E-state index contributed by atoms with van der Waals surface area (Å²) in [6.45, 7) is 0.713. The molecule has 0 radical (unpaired) electrons. The molecule has 0 spiro atoms. The molecule has 0 aliphatic carbocycles. The number of rotatable bonds is 4. The standard InChI is InChI=1S/C11H12F2N2S2/c1-17-4-2-3-15-10-6-8(13)7(12)5-9(10)14-11(15)16/h5-6H,2-4H2,1H3,(H,14,16). The fourth-order valence-corrected chi connectivity index (χ4v) is 2.46. The summed E-state index contributed by atoms with van der Waals surface area (Å²) < 4.78 is 28.6. The van der Waals surface area contributed by atoms with Crippen LogP contribution in [0, 0.1) is 16.4 Å². The number of hydrogen-bond acceptors (Lipinski definition) is 2. The van der Waals surface area contributed by atoms with Gasteiger partial charge in [-0.3, -0.25) is 0 Å². The molecular formula is C11H12F2N2S2. The average molecular weight is 274 g/mol. The maximum absolute atomic E-state index is 13.2. The van der Waals surface area contributed by atoms with E-state index in [1.807, 2.05) is 10.8 Å². The van der Waals surface area contributed by atoms with Crippen molar-refractivity contribution in [2.75, 3.05) is 12.0 Å². The summed E-state index contributed by atoms with van der Waals surface area (Å²) in [6.07, 6.45) is 2.98. The molecule has 2 nitrogen and oxygen atoms in total. The smallest absolute Gasteiger partial charge is 0.178 e. The summed E-state index contributed by atoms with van der Waals surface area (Å²) in [7, 11) is 0. The maximum atomic E-state index is 13.2. The minimum absolute atomic E-state index is 0.506. The number of aryl methyl sites for hydroxylation is 1. The Balaban J connectivity index is 2.44. The SMILES string of the molecule is CSCCCn1c(=S)[nH]c2cc(F)c(F)cc21. The van der Waals surface area contributed by atoms with Crippen molar-refractivity contribution in [3.63, 3.8) is 0 Å². The fourth-order valence-electron chi connectivity index (χ4n) is 1.74. The first-order valence-electron chi connectivity index (χ1n) is 5.20. The Hall–Kier alpha value is -0.880. The van der Waals surface area contributed by atoms with Gasteiger partial charge in [-0.2, -0.15) is 11.8 Å². The van der Waals surface area contributed by atoms with Crippen LogP contribution in [0.4, 0.5) is 8.78 Å². The predicted octanol–water partition coefficient (Wildman–Crippen LogP) is 3.73. The first-order chi connectivity index (χ1) is 8.13. The largest absolute Gasteiger partial charge is 0.330 e. The third kappa shape index (κ3) is 2.52. The second-order valence-electron chi connectivity index (χ2n) is 3.71. The van der Waals surface area contributed by atoms with Gasteiger partial charge < -0.3 is 9.55 Å². The normalized spacial score (nSPS) is 11.2. The fraction of sp³-hybridized carbons (Fsp3) is 0.364. The second kappa shape index (κ2) is 5.18. The monoisotopic (exact) mass is 274 g/mol. The van der Waals surface area contributed by atoms with Gasteiger partial charge in [0.2, 0.25) is 0 Å². The van der Waals surface area contributed by atoms with Crippen LogP contribution in [0.3, 0.4) is 0 Å². The van der Waals surface area contributed by atoms with Gasteiger partial charge in [0.15, 0.2) is 16.4 Å². The molecule has 1 N–H and O–H groups in total. The van der Waals surface area contributed by atoms with Crippen molar-refractivity contribution in [1.82, 2.24) is 9.55 Å². The lowest BCUT2D eigenvalue weighted by molar-refractivity contribution is 0.510. The molecule has 1 heterocycles. The van der Waals surface area contributed by atoms with Crippen LogP contribution in [0.5, 0.6) is 0 Å². The molecule has 0 atom stereocenters.